The van der Waals surface area contributed by atoms with Crippen LogP contribution in [-0.2, 0) is 6.54 Å². The maximum Gasteiger partial charge on any atom is 0.0524 e. The monoisotopic (exact) mass is 305 g/mol. The molecule has 1 aliphatic heterocycles. The third-order valence-electron chi connectivity index (χ3n) is 5.05. The Bertz CT molecular complexity index is 403. The Morgan fingerprint density at radius 1 is 1.14 bits per heavy atom. The number of hydrogen-bond donors (Lipinski definition) is 0. The van der Waals surface area contributed by atoms with E-state index in [4.69, 9.17) is 0 Å². The largest absolute Gasteiger partial charge is 0.303 e. The van der Waals surface area contributed by atoms with Crippen molar-refractivity contribution in [3.63, 3.8) is 0 Å². The van der Waals surface area contributed by atoms with Crippen LogP contribution in [0.15, 0.2) is 12.4 Å². The van der Waals surface area contributed by atoms with E-state index in [9.17, 15) is 0 Å². The molecule has 3 heteroatoms. The van der Waals surface area contributed by atoms with Gasteiger partial charge in [0.25, 0.3) is 0 Å². The highest BCUT2D eigenvalue weighted by molar-refractivity contribution is 5.08. The van der Waals surface area contributed by atoms with Crippen LogP contribution in [-0.4, -0.2) is 34.3 Å². The van der Waals surface area contributed by atoms with Crippen LogP contribution in [0.1, 0.15) is 77.2 Å². The number of unbranched alkanes of at least 4 members (excludes halogenated alkanes) is 4. The predicted octanol–water partition coefficient (Wildman–Crippen LogP) is 4.69. The zero-order chi connectivity index (χ0) is 15.8. The van der Waals surface area contributed by atoms with E-state index in [0.29, 0.717) is 5.92 Å². The molecular weight excluding hydrogens is 270 g/mol. The van der Waals surface area contributed by atoms with Gasteiger partial charge in [0.15, 0.2) is 0 Å². The molecule has 0 bridgehead atoms. The van der Waals surface area contributed by atoms with Gasteiger partial charge in [0.1, 0.15) is 0 Å². The van der Waals surface area contributed by atoms with Gasteiger partial charge in [-0.3, -0.25) is 4.68 Å². The number of hydrogen-bond acceptors (Lipinski definition) is 2. The molecule has 0 radical (unpaired) electrons. The van der Waals surface area contributed by atoms with Crippen molar-refractivity contribution in [2.45, 2.75) is 78.2 Å². The first-order chi connectivity index (χ1) is 10.7. The number of nitrogens with zero attached hydrogens (tertiary/aromatic N) is 3. The van der Waals surface area contributed by atoms with Crippen LogP contribution in [0.4, 0.5) is 0 Å². The molecule has 0 aliphatic carbocycles. The lowest BCUT2D eigenvalue weighted by Gasteiger charge is -2.31. The van der Waals surface area contributed by atoms with Crippen LogP contribution in [0, 0.1) is 5.92 Å². The fraction of sp³-hybridized carbons (Fsp3) is 0.842. The van der Waals surface area contributed by atoms with Gasteiger partial charge in [0.05, 0.1) is 6.20 Å². The molecule has 0 spiro atoms. The highest BCUT2D eigenvalue weighted by atomic mass is 15.3. The summed E-state index contributed by atoms with van der Waals surface area (Å²) in [4.78, 5) is 2.67. The van der Waals surface area contributed by atoms with E-state index in [1.54, 1.807) is 0 Å². The predicted molar refractivity (Wildman–Crippen MR) is 94.2 cm³/mol. The molecule has 0 aromatic carbocycles. The number of piperidine rings is 1. The molecule has 1 aromatic rings. The summed E-state index contributed by atoms with van der Waals surface area (Å²) in [6.45, 7) is 11.8. The van der Waals surface area contributed by atoms with Crippen molar-refractivity contribution in [3.8, 4) is 0 Å². The van der Waals surface area contributed by atoms with Crippen LogP contribution in [0.3, 0.4) is 0 Å². The van der Waals surface area contributed by atoms with E-state index >= 15 is 0 Å². The molecule has 1 aliphatic rings. The topological polar surface area (TPSA) is 21.1 Å². The molecule has 1 fully saturated rings. The van der Waals surface area contributed by atoms with Crippen molar-refractivity contribution in [2.24, 2.45) is 5.92 Å². The van der Waals surface area contributed by atoms with Crippen molar-refractivity contribution >= 4 is 0 Å². The summed E-state index contributed by atoms with van der Waals surface area (Å²) in [6, 6.07) is 0. The summed E-state index contributed by atoms with van der Waals surface area (Å²) >= 11 is 0. The summed E-state index contributed by atoms with van der Waals surface area (Å²) in [7, 11) is 0. The lowest BCUT2D eigenvalue weighted by molar-refractivity contribution is 0.168. The van der Waals surface area contributed by atoms with E-state index in [-0.39, 0.29) is 0 Å². The van der Waals surface area contributed by atoms with Gasteiger partial charge in [-0.2, -0.15) is 5.10 Å². The molecule has 1 aromatic heterocycles. The summed E-state index contributed by atoms with van der Waals surface area (Å²) in [5.74, 6) is 1.40. The molecule has 2 rings (SSSR count). The molecule has 0 saturated carbocycles. The van der Waals surface area contributed by atoms with Crippen LogP contribution in [0.25, 0.3) is 0 Å². The van der Waals surface area contributed by atoms with Crippen molar-refractivity contribution in [1.82, 2.24) is 14.7 Å². The first-order valence-electron chi connectivity index (χ1n) is 9.43. The Balaban J connectivity index is 1.62. The standard InChI is InChI=1S/C19H35N3/c1-4-5-6-7-8-11-21-12-9-18(10-13-21)15-22-16-19(14-20-22)17(2)3/h14,16-18H,4-13,15H2,1-3H3. The Morgan fingerprint density at radius 3 is 2.50 bits per heavy atom. The van der Waals surface area contributed by atoms with Gasteiger partial charge in [-0.15, -0.1) is 0 Å². The van der Waals surface area contributed by atoms with Gasteiger partial charge in [0, 0.05) is 12.7 Å². The van der Waals surface area contributed by atoms with Crippen LogP contribution >= 0.6 is 0 Å². The summed E-state index contributed by atoms with van der Waals surface area (Å²) in [5, 5.41) is 4.53. The van der Waals surface area contributed by atoms with Gasteiger partial charge >= 0.3 is 0 Å². The second-order valence-electron chi connectivity index (χ2n) is 7.35. The molecule has 22 heavy (non-hydrogen) atoms. The summed E-state index contributed by atoms with van der Waals surface area (Å²) in [5.41, 5.74) is 1.37. The van der Waals surface area contributed by atoms with E-state index < -0.39 is 0 Å². The quantitative estimate of drug-likeness (QED) is 0.617. The second kappa shape index (κ2) is 9.34. The Labute approximate surface area is 137 Å². The Morgan fingerprint density at radius 2 is 1.86 bits per heavy atom. The average molecular weight is 306 g/mol. The maximum atomic E-state index is 4.53. The average Bonchev–Trinajstić information content (AvgIpc) is 2.97. The van der Waals surface area contributed by atoms with E-state index in [0.717, 1.165) is 12.5 Å². The second-order valence-corrected chi connectivity index (χ2v) is 7.35. The molecule has 2 heterocycles. The lowest BCUT2D eigenvalue weighted by atomic mass is 9.96. The lowest BCUT2D eigenvalue weighted by Crippen LogP contribution is -2.35. The SMILES string of the molecule is CCCCCCCN1CCC(Cn2cc(C(C)C)cn2)CC1. The van der Waals surface area contributed by atoms with E-state index in [1.807, 2.05) is 6.20 Å². The zero-order valence-electron chi connectivity index (χ0n) is 14.9. The minimum absolute atomic E-state index is 0.586. The molecule has 0 amide bonds. The number of aromatic nitrogens is 2. The Hall–Kier alpha value is -0.830. The molecule has 3 nitrogen and oxygen atoms in total. The van der Waals surface area contributed by atoms with Crippen LogP contribution in [0.2, 0.25) is 0 Å². The van der Waals surface area contributed by atoms with Gasteiger partial charge < -0.3 is 4.90 Å². The first-order valence-corrected chi connectivity index (χ1v) is 9.43. The highest BCUT2D eigenvalue weighted by Gasteiger charge is 2.19. The molecule has 0 unspecified atom stereocenters. The molecule has 126 valence electrons. The first kappa shape index (κ1) is 17.5. The minimum Gasteiger partial charge on any atom is -0.303 e. The fourth-order valence-electron chi connectivity index (χ4n) is 3.37. The van der Waals surface area contributed by atoms with Gasteiger partial charge in [-0.25, -0.2) is 0 Å². The van der Waals surface area contributed by atoms with Gasteiger partial charge in [0.2, 0.25) is 0 Å². The van der Waals surface area contributed by atoms with Crippen molar-refractivity contribution in [1.29, 1.82) is 0 Å². The molecule has 1 saturated heterocycles. The highest BCUT2D eigenvalue weighted by Crippen LogP contribution is 2.20. The fourth-order valence-corrected chi connectivity index (χ4v) is 3.37. The van der Waals surface area contributed by atoms with Crippen molar-refractivity contribution < 1.29 is 0 Å². The van der Waals surface area contributed by atoms with Crippen LogP contribution < -0.4 is 0 Å². The smallest absolute Gasteiger partial charge is 0.0524 e. The minimum atomic E-state index is 0.586. The normalized spacial score (nSPS) is 17.5. The number of likely N-dealkylation sites (tertiary alicyclic amines) is 1. The van der Waals surface area contributed by atoms with E-state index in [2.05, 4.69) is 41.6 Å². The molecule has 0 N–H and O–H groups in total. The maximum absolute atomic E-state index is 4.53. The van der Waals surface area contributed by atoms with Crippen molar-refractivity contribution in [2.75, 3.05) is 19.6 Å². The number of rotatable bonds is 9. The molecule has 0 atom stereocenters. The zero-order valence-corrected chi connectivity index (χ0v) is 14.9. The Kier molecular flexibility index (Phi) is 7.44. The summed E-state index contributed by atoms with van der Waals surface area (Å²) < 4.78 is 2.17. The van der Waals surface area contributed by atoms with Gasteiger partial charge in [-0.1, -0.05) is 46.5 Å². The molecular formula is C19H35N3. The summed E-state index contributed by atoms with van der Waals surface area (Å²) in [6.07, 6.45) is 13.9. The van der Waals surface area contributed by atoms with Gasteiger partial charge in [-0.05, 0) is 56.3 Å². The third-order valence-corrected chi connectivity index (χ3v) is 5.05. The van der Waals surface area contributed by atoms with E-state index in [1.165, 1.54) is 70.1 Å². The van der Waals surface area contributed by atoms with Crippen molar-refractivity contribution in [3.05, 3.63) is 18.0 Å². The van der Waals surface area contributed by atoms with Crippen LogP contribution in [0.5, 0.6) is 0 Å². The third kappa shape index (κ3) is 5.75.